The fourth-order valence-corrected chi connectivity index (χ4v) is 1.85. The molecule has 0 unspecified atom stereocenters. The normalized spacial score (nSPS) is 11.1. The van der Waals surface area contributed by atoms with Crippen molar-refractivity contribution in [3.8, 4) is 5.75 Å². The van der Waals surface area contributed by atoms with Crippen LogP contribution in [0.2, 0.25) is 0 Å². The molecule has 5 nitrogen and oxygen atoms in total. The van der Waals surface area contributed by atoms with Gasteiger partial charge in [-0.05, 0) is 18.2 Å². The highest BCUT2D eigenvalue weighted by molar-refractivity contribution is 5.34. The molecule has 0 aliphatic carbocycles. The van der Waals surface area contributed by atoms with Gasteiger partial charge in [0.05, 0.1) is 25.5 Å². The topological polar surface area (TPSA) is 52.0 Å². The van der Waals surface area contributed by atoms with E-state index in [1.165, 1.54) is 12.1 Å². The average molecular weight is 278 g/mol. The van der Waals surface area contributed by atoms with Gasteiger partial charge in [-0.25, -0.2) is 9.07 Å². The molecule has 1 N–H and O–H groups in total. The van der Waals surface area contributed by atoms with Gasteiger partial charge in [0.25, 0.3) is 0 Å². The van der Waals surface area contributed by atoms with Crippen molar-refractivity contribution in [2.75, 3.05) is 7.11 Å². The second kappa shape index (κ2) is 6.47. The van der Waals surface area contributed by atoms with E-state index in [-0.39, 0.29) is 5.82 Å². The predicted molar refractivity (Wildman–Crippen MR) is 74.1 cm³/mol. The summed E-state index contributed by atoms with van der Waals surface area (Å²) in [7, 11) is 1.57. The Labute approximate surface area is 117 Å². The van der Waals surface area contributed by atoms with Gasteiger partial charge in [-0.15, -0.1) is 5.10 Å². The monoisotopic (exact) mass is 278 g/mol. The van der Waals surface area contributed by atoms with Crippen LogP contribution in [0.15, 0.2) is 24.4 Å². The number of halogens is 1. The van der Waals surface area contributed by atoms with Crippen LogP contribution in [0, 0.1) is 5.82 Å². The number of rotatable bonds is 6. The molecule has 0 aliphatic rings. The van der Waals surface area contributed by atoms with Crippen LogP contribution in [0.25, 0.3) is 0 Å². The number of nitrogens with zero attached hydrogens (tertiary/aromatic N) is 3. The van der Waals surface area contributed by atoms with Gasteiger partial charge in [0.1, 0.15) is 11.6 Å². The molecule has 0 radical (unpaired) electrons. The van der Waals surface area contributed by atoms with Gasteiger partial charge in [-0.2, -0.15) is 0 Å². The van der Waals surface area contributed by atoms with Crippen molar-refractivity contribution in [1.82, 2.24) is 20.3 Å². The molecule has 0 aliphatic heterocycles. The fourth-order valence-electron chi connectivity index (χ4n) is 1.85. The number of nitrogens with one attached hydrogen (secondary N) is 1. The SMILES string of the molecule is COc1ccc(F)cc1Cn1cc(CNC(C)C)nn1. The van der Waals surface area contributed by atoms with Crippen LogP contribution in [0.4, 0.5) is 4.39 Å². The Balaban J connectivity index is 2.08. The van der Waals surface area contributed by atoms with Gasteiger partial charge in [-0.3, -0.25) is 0 Å². The highest BCUT2D eigenvalue weighted by atomic mass is 19.1. The van der Waals surface area contributed by atoms with Crippen LogP contribution in [0.5, 0.6) is 5.75 Å². The quantitative estimate of drug-likeness (QED) is 0.877. The lowest BCUT2D eigenvalue weighted by atomic mass is 10.2. The molecule has 1 aromatic heterocycles. The maximum Gasteiger partial charge on any atom is 0.124 e. The molecule has 108 valence electrons. The van der Waals surface area contributed by atoms with Gasteiger partial charge in [0.2, 0.25) is 0 Å². The van der Waals surface area contributed by atoms with Crippen molar-refractivity contribution in [1.29, 1.82) is 0 Å². The smallest absolute Gasteiger partial charge is 0.124 e. The van der Waals surface area contributed by atoms with Crippen LogP contribution in [-0.2, 0) is 13.1 Å². The van der Waals surface area contributed by atoms with E-state index in [0.29, 0.717) is 24.9 Å². The van der Waals surface area contributed by atoms with Gasteiger partial charge in [-0.1, -0.05) is 19.1 Å². The standard InChI is InChI=1S/C14H19FN4O/c1-10(2)16-7-13-9-19(18-17-13)8-11-6-12(15)4-5-14(11)20-3/h4-6,9-10,16H,7-8H2,1-3H3. The Bertz CT molecular complexity index is 568. The van der Waals surface area contributed by atoms with Gasteiger partial charge in [0, 0.05) is 18.2 Å². The minimum absolute atomic E-state index is 0.289. The molecule has 2 aromatic rings. The van der Waals surface area contributed by atoms with Crippen LogP contribution >= 0.6 is 0 Å². The number of aromatic nitrogens is 3. The summed E-state index contributed by atoms with van der Waals surface area (Å²) >= 11 is 0. The molecule has 6 heteroatoms. The molecule has 0 saturated carbocycles. The Kier molecular flexibility index (Phi) is 4.68. The van der Waals surface area contributed by atoms with Crippen molar-refractivity contribution < 1.29 is 9.13 Å². The summed E-state index contributed by atoms with van der Waals surface area (Å²) in [6.45, 7) is 5.23. The first-order valence-corrected chi connectivity index (χ1v) is 6.53. The first kappa shape index (κ1) is 14.5. The van der Waals surface area contributed by atoms with Crippen molar-refractivity contribution in [3.05, 3.63) is 41.5 Å². The first-order valence-electron chi connectivity index (χ1n) is 6.53. The Morgan fingerprint density at radius 2 is 2.20 bits per heavy atom. The highest BCUT2D eigenvalue weighted by Gasteiger charge is 2.08. The Hall–Kier alpha value is -1.95. The van der Waals surface area contributed by atoms with E-state index >= 15 is 0 Å². The van der Waals surface area contributed by atoms with Crippen LogP contribution in [-0.4, -0.2) is 28.1 Å². The van der Waals surface area contributed by atoms with Gasteiger partial charge >= 0.3 is 0 Å². The molecule has 1 aromatic carbocycles. The molecule has 0 spiro atoms. The summed E-state index contributed by atoms with van der Waals surface area (Å²) in [6.07, 6.45) is 1.85. The summed E-state index contributed by atoms with van der Waals surface area (Å²) in [5.41, 5.74) is 1.59. The zero-order valence-corrected chi connectivity index (χ0v) is 11.9. The molecular formula is C14H19FN4O. The van der Waals surface area contributed by atoms with E-state index in [1.807, 2.05) is 6.20 Å². The summed E-state index contributed by atoms with van der Waals surface area (Å²) in [5, 5.41) is 11.4. The molecule has 20 heavy (non-hydrogen) atoms. The first-order chi connectivity index (χ1) is 9.58. The lowest BCUT2D eigenvalue weighted by Gasteiger charge is -2.08. The molecule has 0 fully saturated rings. The molecule has 1 heterocycles. The van der Waals surface area contributed by atoms with Gasteiger partial charge < -0.3 is 10.1 Å². The lowest BCUT2D eigenvalue weighted by Crippen LogP contribution is -2.21. The average Bonchev–Trinajstić information content (AvgIpc) is 2.84. The summed E-state index contributed by atoms with van der Waals surface area (Å²) in [6, 6.07) is 4.83. The Morgan fingerprint density at radius 1 is 1.40 bits per heavy atom. The number of hydrogen-bond acceptors (Lipinski definition) is 4. The third-order valence-electron chi connectivity index (χ3n) is 2.85. The van der Waals surface area contributed by atoms with Crippen LogP contribution in [0.3, 0.4) is 0 Å². The summed E-state index contributed by atoms with van der Waals surface area (Å²) in [5.74, 6) is 0.353. The minimum atomic E-state index is -0.289. The number of hydrogen-bond donors (Lipinski definition) is 1. The molecule has 0 amide bonds. The predicted octanol–water partition coefficient (Wildman–Crippen LogP) is 1.97. The van der Waals surface area contributed by atoms with E-state index in [2.05, 4.69) is 29.5 Å². The van der Waals surface area contributed by atoms with Crippen molar-refractivity contribution in [3.63, 3.8) is 0 Å². The van der Waals surface area contributed by atoms with Crippen LogP contribution < -0.4 is 10.1 Å². The van der Waals surface area contributed by atoms with E-state index < -0.39 is 0 Å². The Morgan fingerprint density at radius 3 is 2.90 bits per heavy atom. The van der Waals surface area contributed by atoms with Crippen molar-refractivity contribution in [2.24, 2.45) is 0 Å². The molecule has 0 atom stereocenters. The molecule has 2 rings (SSSR count). The number of methoxy groups -OCH3 is 1. The fraction of sp³-hybridized carbons (Fsp3) is 0.429. The third kappa shape index (κ3) is 3.77. The second-order valence-corrected chi connectivity index (χ2v) is 4.90. The zero-order valence-electron chi connectivity index (χ0n) is 11.9. The number of ether oxygens (including phenoxy) is 1. The van der Waals surface area contributed by atoms with Crippen molar-refractivity contribution >= 4 is 0 Å². The zero-order chi connectivity index (χ0) is 14.5. The number of benzene rings is 1. The van der Waals surface area contributed by atoms with Gasteiger partial charge in [0.15, 0.2) is 0 Å². The molecule has 0 saturated heterocycles. The summed E-state index contributed by atoms with van der Waals surface area (Å²) < 4.78 is 20.2. The second-order valence-electron chi connectivity index (χ2n) is 4.90. The molecular weight excluding hydrogens is 259 g/mol. The maximum atomic E-state index is 13.3. The summed E-state index contributed by atoms with van der Waals surface area (Å²) in [4.78, 5) is 0. The maximum absolute atomic E-state index is 13.3. The largest absolute Gasteiger partial charge is 0.496 e. The van der Waals surface area contributed by atoms with E-state index in [1.54, 1.807) is 17.9 Å². The van der Waals surface area contributed by atoms with Crippen LogP contribution in [0.1, 0.15) is 25.1 Å². The third-order valence-corrected chi connectivity index (χ3v) is 2.85. The van der Waals surface area contributed by atoms with E-state index in [0.717, 1.165) is 11.3 Å². The van der Waals surface area contributed by atoms with E-state index in [9.17, 15) is 4.39 Å². The minimum Gasteiger partial charge on any atom is -0.496 e. The van der Waals surface area contributed by atoms with E-state index in [4.69, 9.17) is 4.74 Å². The highest BCUT2D eigenvalue weighted by Crippen LogP contribution is 2.20. The lowest BCUT2D eigenvalue weighted by molar-refractivity contribution is 0.405. The molecule has 0 bridgehead atoms. The van der Waals surface area contributed by atoms with Crippen molar-refractivity contribution in [2.45, 2.75) is 33.0 Å².